The fraction of sp³-hybridized carbons (Fsp3) is 0.176. The van der Waals surface area contributed by atoms with Crippen LogP contribution < -0.4 is 16.6 Å². The maximum absolute atomic E-state index is 12.7. The number of hydrogen-bond acceptors (Lipinski definition) is 4. The lowest BCUT2D eigenvalue weighted by atomic mass is 10.1. The van der Waals surface area contributed by atoms with E-state index in [0.29, 0.717) is 34.4 Å². The second-order valence-corrected chi connectivity index (χ2v) is 5.43. The SMILES string of the molecule is CCNC(=O)N=C(C)c1c(N)ncc2c(=O)n(-c3ccccc3)[nH]c12. The maximum atomic E-state index is 12.7. The Labute approximate surface area is 143 Å². The van der Waals surface area contributed by atoms with Crippen LogP contribution in [0.4, 0.5) is 10.6 Å². The van der Waals surface area contributed by atoms with Crippen molar-refractivity contribution in [1.29, 1.82) is 0 Å². The molecule has 0 bridgehead atoms. The van der Waals surface area contributed by atoms with E-state index >= 15 is 0 Å². The molecule has 0 radical (unpaired) electrons. The summed E-state index contributed by atoms with van der Waals surface area (Å²) in [5, 5.41) is 6.01. The quantitative estimate of drug-likeness (QED) is 0.631. The van der Waals surface area contributed by atoms with E-state index in [4.69, 9.17) is 5.73 Å². The molecule has 0 aliphatic heterocycles. The minimum absolute atomic E-state index is 0.194. The summed E-state index contributed by atoms with van der Waals surface area (Å²) in [6.45, 7) is 3.92. The molecule has 1 aromatic carbocycles. The van der Waals surface area contributed by atoms with Gasteiger partial charge in [-0.15, -0.1) is 0 Å². The largest absolute Gasteiger partial charge is 0.383 e. The number of nitrogens with one attached hydrogen (secondary N) is 2. The van der Waals surface area contributed by atoms with Crippen LogP contribution in [0.25, 0.3) is 16.6 Å². The zero-order valence-electron chi connectivity index (χ0n) is 13.9. The highest BCUT2D eigenvalue weighted by atomic mass is 16.2. The Morgan fingerprint density at radius 2 is 2.08 bits per heavy atom. The molecular weight excluding hydrogens is 320 g/mol. The second kappa shape index (κ2) is 6.60. The number of nitrogen functional groups attached to an aromatic ring is 1. The van der Waals surface area contributed by atoms with Gasteiger partial charge in [0.25, 0.3) is 5.56 Å². The molecule has 128 valence electrons. The van der Waals surface area contributed by atoms with Crippen LogP contribution in [0, 0.1) is 0 Å². The van der Waals surface area contributed by atoms with Gasteiger partial charge in [0, 0.05) is 12.7 Å². The number of nitrogens with two attached hydrogens (primary N) is 1. The number of nitrogens with zero attached hydrogens (tertiary/aromatic N) is 3. The third kappa shape index (κ3) is 3.01. The lowest BCUT2D eigenvalue weighted by Crippen LogP contribution is -2.20. The number of carbonyl (C=O) groups is 1. The van der Waals surface area contributed by atoms with Gasteiger partial charge in [0.1, 0.15) is 5.82 Å². The minimum atomic E-state index is -0.471. The summed E-state index contributed by atoms with van der Waals surface area (Å²) in [5.41, 5.74) is 7.73. The average Bonchev–Trinajstić information content (AvgIpc) is 2.92. The zero-order valence-corrected chi connectivity index (χ0v) is 13.9. The highest BCUT2D eigenvalue weighted by Crippen LogP contribution is 2.20. The molecular formula is C17H18N6O2. The summed E-state index contributed by atoms with van der Waals surface area (Å²) in [4.78, 5) is 32.5. The number of amides is 2. The van der Waals surface area contributed by atoms with E-state index in [0.717, 1.165) is 0 Å². The van der Waals surface area contributed by atoms with Crippen molar-refractivity contribution >= 4 is 28.5 Å². The van der Waals surface area contributed by atoms with Gasteiger partial charge in [-0.2, -0.15) is 4.99 Å². The van der Waals surface area contributed by atoms with Crippen molar-refractivity contribution in [1.82, 2.24) is 20.1 Å². The van der Waals surface area contributed by atoms with Crippen molar-refractivity contribution < 1.29 is 4.79 Å². The number of urea groups is 1. The van der Waals surface area contributed by atoms with E-state index in [1.54, 1.807) is 13.8 Å². The van der Waals surface area contributed by atoms with Crippen molar-refractivity contribution in [2.45, 2.75) is 13.8 Å². The van der Waals surface area contributed by atoms with Gasteiger partial charge >= 0.3 is 6.03 Å². The van der Waals surface area contributed by atoms with Gasteiger partial charge in [0.05, 0.1) is 27.9 Å². The molecule has 0 saturated carbocycles. The molecule has 2 amide bonds. The Bertz CT molecular complexity index is 1020. The molecule has 2 aromatic heterocycles. The summed E-state index contributed by atoms with van der Waals surface area (Å²) < 4.78 is 1.41. The van der Waals surface area contributed by atoms with E-state index < -0.39 is 6.03 Å². The standard InChI is InChI=1S/C17H18N6O2/c1-3-19-17(25)21-10(2)13-14-12(9-20-15(13)18)16(24)23(22-14)11-7-5-4-6-8-11/h4-9,22H,3H2,1-2H3,(H2,18,20)(H,19,25). The van der Waals surface area contributed by atoms with Crippen LogP contribution in [-0.2, 0) is 0 Å². The Hall–Kier alpha value is -3.42. The Balaban J connectivity index is 2.22. The first-order chi connectivity index (χ1) is 12.0. The monoisotopic (exact) mass is 338 g/mol. The number of aromatic amines is 1. The first-order valence-corrected chi connectivity index (χ1v) is 7.81. The number of aliphatic imine (C=N–C) groups is 1. The fourth-order valence-electron chi connectivity index (χ4n) is 2.61. The van der Waals surface area contributed by atoms with Crippen LogP contribution in [-0.4, -0.2) is 33.1 Å². The molecule has 0 saturated heterocycles. The van der Waals surface area contributed by atoms with Crippen LogP contribution in [0.3, 0.4) is 0 Å². The van der Waals surface area contributed by atoms with Gasteiger partial charge in [0.15, 0.2) is 0 Å². The second-order valence-electron chi connectivity index (χ2n) is 5.43. The number of aromatic nitrogens is 3. The lowest BCUT2D eigenvalue weighted by molar-refractivity contribution is 0.250. The number of carbonyl (C=O) groups excluding carboxylic acids is 1. The molecule has 8 nitrogen and oxygen atoms in total. The first-order valence-electron chi connectivity index (χ1n) is 7.81. The third-order valence-corrected chi connectivity index (χ3v) is 3.74. The maximum Gasteiger partial charge on any atom is 0.341 e. The van der Waals surface area contributed by atoms with E-state index in [1.807, 2.05) is 30.3 Å². The number of fused-ring (bicyclic) bond motifs is 1. The highest BCUT2D eigenvalue weighted by Gasteiger charge is 2.17. The summed E-state index contributed by atoms with van der Waals surface area (Å²) >= 11 is 0. The lowest BCUT2D eigenvalue weighted by Gasteiger charge is -2.06. The Morgan fingerprint density at radius 3 is 2.76 bits per heavy atom. The summed E-state index contributed by atoms with van der Waals surface area (Å²) in [6.07, 6.45) is 1.42. The summed E-state index contributed by atoms with van der Waals surface area (Å²) in [6, 6.07) is 8.68. The topological polar surface area (TPSA) is 118 Å². The number of benzene rings is 1. The van der Waals surface area contributed by atoms with E-state index in [9.17, 15) is 9.59 Å². The van der Waals surface area contributed by atoms with Gasteiger partial charge in [-0.05, 0) is 26.0 Å². The molecule has 0 unspecified atom stereocenters. The predicted molar refractivity (Wildman–Crippen MR) is 97.4 cm³/mol. The molecule has 0 spiro atoms. The molecule has 3 rings (SSSR count). The van der Waals surface area contributed by atoms with Crippen LogP contribution >= 0.6 is 0 Å². The molecule has 25 heavy (non-hydrogen) atoms. The van der Waals surface area contributed by atoms with Crippen molar-refractivity contribution in [3.8, 4) is 5.69 Å². The highest BCUT2D eigenvalue weighted by molar-refractivity contribution is 6.14. The molecule has 0 fully saturated rings. The zero-order chi connectivity index (χ0) is 18.0. The van der Waals surface area contributed by atoms with Crippen molar-refractivity contribution in [3.63, 3.8) is 0 Å². The van der Waals surface area contributed by atoms with E-state index in [-0.39, 0.29) is 11.4 Å². The number of anilines is 1. The van der Waals surface area contributed by atoms with Gasteiger partial charge in [0.2, 0.25) is 0 Å². The molecule has 2 heterocycles. The van der Waals surface area contributed by atoms with Crippen LogP contribution in [0.5, 0.6) is 0 Å². The number of pyridine rings is 1. The Morgan fingerprint density at radius 1 is 1.36 bits per heavy atom. The molecule has 0 aliphatic carbocycles. The summed E-state index contributed by atoms with van der Waals surface area (Å²) in [7, 11) is 0. The molecule has 0 atom stereocenters. The van der Waals surface area contributed by atoms with Crippen LogP contribution in [0.2, 0.25) is 0 Å². The van der Waals surface area contributed by atoms with Crippen molar-refractivity contribution in [3.05, 3.63) is 52.4 Å². The molecule has 8 heteroatoms. The van der Waals surface area contributed by atoms with Crippen LogP contribution in [0.1, 0.15) is 19.4 Å². The minimum Gasteiger partial charge on any atom is -0.383 e. The predicted octanol–water partition coefficient (Wildman–Crippen LogP) is 1.83. The van der Waals surface area contributed by atoms with Crippen LogP contribution in [0.15, 0.2) is 46.3 Å². The number of rotatable bonds is 3. The number of para-hydroxylation sites is 1. The van der Waals surface area contributed by atoms with Crippen molar-refractivity contribution in [2.24, 2.45) is 4.99 Å². The smallest absolute Gasteiger partial charge is 0.341 e. The van der Waals surface area contributed by atoms with Gasteiger partial charge < -0.3 is 11.1 Å². The first kappa shape index (κ1) is 16.4. The summed E-state index contributed by atoms with van der Waals surface area (Å²) in [5.74, 6) is 0.194. The molecule has 0 aliphatic rings. The normalized spacial score (nSPS) is 11.7. The van der Waals surface area contributed by atoms with E-state index in [2.05, 4.69) is 20.4 Å². The van der Waals surface area contributed by atoms with E-state index in [1.165, 1.54) is 10.9 Å². The fourth-order valence-corrected chi connectivity index (χ4v) is 2.61. The van der Waals surface area contributed by atoms with Crippen molar-refractivity contribution in [2.75, 3.05) is 12.3 Å². The number of hydrogen-bond donors (Lipinski definition) is 3. The Kier molecular flexibility index (Phi) is 4.34. The van der Waals surface area contributed by atoms with Gasteiger partial charge in [-0.3, -0.25) is 9.89 Å². The number of H-pyrrole nitrogens is 1. The van der Waals surface area contributed by atoms with Gasteiger partial charge in [-0.25, -0.2) is 14.5 Å². The molecule has 4 N–H and O–H groups in total. The molecule has 3 aromatic rings. The van der Waals surface area contributed by atoms with Gasteiger partial charge in [-0.1, -0.05) is 18.2 Å². The average molecular weight is 338 g/mol. The third-order valence-electron chi connectivity index (χ3n) is 3.74.